The number of hydrogen-bond acceptors (Lipinski definition) is 2. The van der Waals surface area contributed by atoms with Crippen molar-refractivity contribution >= 4 is 0 Å². The van der Waals surface area contributed by atoms with E-state index in [0.29, 0.717) is 24.4 Å². The Morgan fingerprint density at radius 2 is 0.900 bits per heavy atom. The maximum absolute atomic E-state index is 5.45. The fraction of sp³-hybridized carbons (Fsp3) is 1.00. The summed E-state index contributed by atoms with van der Waals surface area (Å²) >= 11 is 0. The third-order valence-electron chi connectivity index (χ3n) is 2.85. The molecule has 10 heavy (non-hydrogen) atoms. The van der Waals surface area contributed by atoms with Gasteiger partial charge in [0.05, 0.1) is 24.4 Å². The van der Waals surface area contributed by atoms with Crippen LogP contribution in [-0.2, 0) is 9.47 Å². The Balaban J connectivity index is 1.67. The first kappa shape index (κ1) is 5.56. The number of rotatable bonds is 0. The van der Waals surface area contributed by atoms with Crippen LogP contribution in [0.3, 0.4) is 0 Å². The molecule has 4 atom stereocenters. The van der Waals surface area contributed by atoms with Gasteiger partial charge in [-0.3, -0.25) is 0 Å². The van der Waals surface area contributed by atoms with Gasteiger partial charge in [-0.2, -0.15) is 0 Å². The highest BCUT2D eigenvalue weighted by Crippen LogP contribution is 2.41. The molecule has 0 amide bonds. The Kier molecular flexibility index (Phi) is 0.968. The van der Waals surface area contributed by atoms with E-state index in [0.717, 1.165) is 0 Å². The van der Waals surface area contributed by atoms with Crippen molar-refractivity contribution in [3.05, 3.63) is 0 Å². The van der Waals surface area contributed by atoms with Gasteiger partial charge in [0.1, 0.15) is 0 Å². The quantitative estimate of drug-likeness (QED) is 0.471. The van der Waals surface area contributed by atoms with Crippen molar-refractivity contribution < 1.29 is 9.47 Å². The highest BCUT2D eigenvalue weighted by molar-refractivity contribution is 4.95. The molecule has 0 N–H and O–H groups in total. The first-order valence-electron chi connectivity index (χ1n) is 4.24. The third-order valence-corrected chi connectivity index (χ3v) is 2.85. The molecule has 0 unspecified atom stereocenters. The number of ether oxygens (including phenoxy) is 2. The molecule has 0 bridgehead atoms. The third kappa shape index (κ3) is 0.789. The van der Waals surface area contributed by atoms with Gasteiger partial charge in [0, 0.05) is 0 Å². The maximum atomic E-state index is 5.45. The predicted molar refractivity (Wildman–Crippen MR) is 35.8 cm³/mol. The largest absolute Gasteiger partial charge is 0.370 e. The van der Waals surface area contributed by atoms with Crippen LogP contribution >= 0.6 is 0 Å². The van der Waals surface area contributed by atoms with Crippen LogP contribution in [-0.4, -0.2) is 24.4 Å². The minimum absolute atomic E-state index is 0.616. The molecule has 2 nitrogen and oxygen atoms in total. The molecule has 1 aliphatic carbocycles. The SMILES string of the molecule is C1C[C@H]2O[C@H]2CC[C@H]2O[C@@H]12. The van der Waals surface area contributed by atoms with Gasteiger partial charge in [-0.25, -0.2) is 0 Å². The molecule has 3 rings (SSSR count). The van der Waals surface area contributed by atoms with Crippen LogP contribution in [0.4, 0.5) is 0 Å². The summed E-state index contributed by atoms with van der Waals surface area (Å²) in [5.41, 5.74) is 0. The molecule has 0 aromatic heterocycles. The average Bonchev–Trinajstić information content (AvgIpc) is 2.70. The molecule has 56 valence electrons. The Bertz CT molecular complexity index is 123. The van der Waals surface area contributed by atoms with Crippen LogP contribution in [0.5, 0.6) is 0 Å². The van der Waals surface area contributed by atoms with Gasteiger partial charge in [-0.05, 0) is 25.7 Å². The summed E-state index contributed by atoms with van der Waals surface area (Å²) in [6, 6.07) is 0. The molecule has 3 fully saturated rings. The van der Waals surface area contributed by atoms with Crippen molar-refractivity contribution in [3.63, 3.8) is 0 Å². The van der Waals surface area contributed by atoms with Crippen LogP contribution in [0, 0.1) is 0 Å². The van der Waals surface area contributed by atoms with Crippen LogP contribution in [0.1, 0.15) is 25.7 Å². The highest BCUT2D eigenvalue weighted by Gasteiger charge is 2.47. The van der Waals surface area contributed by atoms with Crippen LogP contribution in [0.2, 0.25) is 0 Å². The Morgan fingerprint density at radius 1 is 0.600 bits per heavy atom. The van der Waals surface area contributed by atoms with Crippen molar-refractivity contribution in [1.82, 2.24) is 0 Å². The number of epoxide rings is 2. The molecule has 1 saturated carbocycles. The fourth-order valence-electron chi connectivity index (χ4n) is 2.03. The van der Waals surface area contributed by atoms with E-state index >= 15 is 0 Å². The Morgan fingerprint density at radius 3 is 1.20 bits per heavy atom. The summed E-state index contributed by atoms with van der Waals surface area (Å²) < 4.78 is 10.9. The standard InChI is InChI=1S/C8H12O2/c1-2-6-8(10-6)4-3-7-5(1)9-7/h5-8H,1-4H2/t5-,6+,7+,8-. The molecule has 0 aromatic rings. The molecule has 2 heterocycles. The van der Waals surface area contributed by atoms with E-state index in [2.05, 4.69) is 0 Å². The second-order valence-electron chi connectivity index (χ2n) is 3.58. The normalized spacial score (nSPS) is 57.6. The second kappa shape index (κ2) is 1.74. The van der Waals surface area contributed by atoms with Crippen molar-refractivity contribution in [2.75, 3.05) is 0 Å². The summed E-state index contributed by atoms with van der Waals surface area (Å²) in [4.78, 5) is 0. The zero-order valence-corrected chi connectivity index (χ0v) is 5.95. The average molecular weight is 140 g/mol. The van der Waals surface area contributed by atoms with E-state index in [1.807, 2.05) is 0 Å². The molecule has 2 heteroatoms. The van der Waals surface area contributed by atoms with Gasteiger partial charge in [0.25, 0.3) is 0 Å². The summed E-state index contributed by atoms with van der Waals surface area (Å²) in [6.07, 6.45) is 7.43. The number of hydrogen-bond donors (Lipinski definition) is 0. The van der Waals surface area contributed by atoms with Crippen LogP contribution in [0.25, 0.3) is 0 Å². The molecule has 0 radical (unpaired) electrons. The molecular weight excluding hydrogens is 128 g/mol. The lowest BCUT2D eigenvalue weighted by atomic mass is 10.0. The lowest BCUT2D eigenvalue weighted by molar-refractivity contribution is 0.311. The monoisotopic (exact) mass is 140 g/mol. The van der Waals surface area contributed by atoms with Crippen molar-refractivity contribution in [2.45, 2.75) is 50.1 Å². The maximum Gasteiger partial charge on any atom is 0.0842 e. The van der Waals surface area contributed by atoms with Crippen LogP contribution in [0.15, 0.2) is 0 Å². The van der Waals surface area contributed by atoms with Crippen molar-refractivity contribution in [2.24, 2.45) is 0 Å². The van der Waals surface area contributed by atoms with E-state index in [-0.39, 0.29) is 0 Å². The van der Waals surface area contributed by atoms with E-state index in [1.165, 1.54) is 25.7 Å². The molecule has 2 saturated heterocycles. The lowest BCUT2D eigenvalue weighted by Crippen LogP contribution is -2.04. The molecule has 0 aromatic carbocycles. The summed E-state index contributed by atoms with van der Waals surface area (Å²) in [5.74, 6) is 0. The molecule has 2 aliphatic heterocycles. The van der Waals surface area contributed by atoms with E-state index in [1.54, 1.807) is 0 Å². The topological polar surface area (TPSA) is 25.1 Å². The van der Waals surface area contributed by atoms with E-state index in [9.17, 15) is 0 Å². The highest BCUT2D eigenvalue weighted by atomic mass is 16.6. The number of fused-ring (bicyclic) bond motifs is 2. The minimum Gasteiger partial charge on any atom is -0.370 e. The Labute approximate surface area is 60.5 Å². The van der Waals surface area contributed by atoms with Crippen LogP contribution < -0.4 is 0 Å². The zero-order valence-electron chi connectivity index (χ0n) is 5.95. The van der Waals surface area contributed by atoms with Gasteiger partial charge < -0.3 is 9.47 Å². The smallest absolute Gasteiger partial charge is 0.0842 e. The molecule has 3 aliphatic rings. The van der Waals surface area contributed by atoms with Gasteiger partial charge in [-0.15, -0.1) is 0 Å². The van der Waals surface area contributed by atoms with Crippen molar-refractivity contribution in [1.29, 1.82) is 0 Å². The van der Waals surface area contributed by atoms with Gasteiger partial charge >= 0.3 is 0 Å². The summed E-state index contributed by atoms with van der Waals surface area (Å²) in [7, 11) is 0. The van der Waals surface area contributed by atoms with Gasteiger partial charge in [0.2, 0.25) is 0 Å². The molecule has 0 spiro atoms. The lowest BCUT2D eigenvalue weighted by Gasteiger charge is -1.97. The first-order chi connectivity index (χ1) is 4.93. The van der Waals surface area contributed by atoms with Gasteiger partial charge in [0.15, 0.2) is 0 Å². The fourth-order valence-corrected chi connectivity index (χ4v) is 2.03. The second-order valence-corrected chi connectivity index (χ2v) is 3.58. The predicted octanol–water partition coefficient (Wildman–Crippen LogP) is 1.10. The zero-order chi connectivity index (χ0) is 6.55. The molecular formula is C8H12O2. The van der Waals surface area contributed by atoms with E-state index < -0.39 is 0 Å². The summed E-state index contributed by atoms with van der Waals surface area (Å²) in [5, 5.41) is 0. The van der Waals surface area contributed by atoms with Gasteiger partial charge in [-0.1, -0.05) is 0 Å². The van der Waals surface area contributed by atoms with Crippen molar-refractivity contribution in [3.8, 4) is 0 Å². The Hall–Kier alpha value is -0.0800. The first-order valence-corrected chi connectivity index (χ1v) is 4.24. The van der Waals surface area contributed by atoms with E-state index in [4.69, 9.17) is 9.47 Å². The minimum atomic E-state index is 0.616. The summed E-state index contributed by atoms with van der Waals surface area (Å²) in [6.45, 7) is 0.